The third kappa shape index (κ3) is 2.92. The van der Waals surface area contributed by atoms with Gasteiger partial charge in [0.1, 0.15) is 5.82 Å². The second kappa shape index (κ2) is 6.73. The normalized spacial score (nSPS) is 14.3. The third-order valence-electron chi connectivity index (χ3n) is 5.49. The fourth-order valence-electron chi connectivity index (χ4n) is 3.99. The monoisotopic (exact) mass is 371 g/mol. The smallest absolute Gasteiger partial charge is 0.255 e. The topological polar surface area (TPSA) is 77.7 Å². The molecule has 0 aliphatic carbocycles. The first-order valence-corrected chi connectivity index (χ1v) is 9.49. The molecule has 0 fully saturated rings. The van der Waals surface area contributed by atoms with Crippen molar-refractivity contribution in [2.24, 2.45) is 0 Å². The molecule has 4 heterocycles. The van der Waals surface area contributed by atoms with Gasteiger partial charge in [0.25, 0.3) is 5.56 Å². The highest BCUT2D eigenvalue weighted by Gasteiger charge is 2.22. The number of para-hydroxylation sites is 1. The highest BCUT2D eigenvalue weighted by molar-refractivity contribution is 5.85. The van der Waals surface area contributed by atoms with Gasteiger partial charge >= 0.3 is 0 Å². The minimum atomic E-state index is -0.0525. The fourth-order valence-corrected chi connectivity index (χ4v) is 3.99. The van der Waals surface area contributed by atoms with Crippen molar-refractivity contribution in [3.63, 3.8) is 0 Å². The molecule has 0 amide bonds. The molecule has 3 aromatic heterocycles. The average molecular weight is 371 g/mol. The minimum absolute atomic E-state index is 0.0525. The van der Waals surface area contributed by atoms with Gasteiger partial charge in [-0.2, -0.15) is 0 Å². The van der Waals surface area contributed by atoms with Crippen LogP contribution in [0.3, 0.4) is 0 Å². The van der Waals surface area contributed by atoms with Gasteiger partial charge < -0.3 is 9.97 Å². The molecule has 1 aromatic carbocycles. The van der Waals surface area contributed by atoms with E-state index in [2.05, 4.69) is 51.2 Å². The van der Waals surface area contributed by atoms with Crippen LogP contribution in [0.25, 0.3) is 22.3 Å². The van der Waals surface area contributed by atoms with Crippen molar-refractivity contribution >= 4 is 10.9 Å². The first kappa shape index (κ1) is 16.9. The number of pyridine rings is 1. The quantitative estimate of drug-likeness (QED) is 0.580. The Labute approximate surface area is 162 Å². The molecular formula is C22H21N5O. The van der Waals surface area contributed by atoms with Gasteiger partial charge in [0, 0.05) is 61.1 Å². The van der Waals surface area contributed by atoms with Gasteiger partial charge in [-0.05, 0) is 30.2 Å². The Bertz CT molecular complexity index is 1210. The van der Waals surface area contributed by atoms with Crippen LogP contribution in [0.15, 0.2) is 53.7 Å². The summed E-state index contributed by atoms with van der Waals surface area (Å²) in [4.78, 5) is 30.2. The van der Waals surface area contributed by atoms with Gasteiger partial charge in [-0.25, -0.2) is 4.98 Å². The second-order valence-corrected chi connectivity index (χ2v) is 7.35. The summed E-state index contributed by atoms with van der Waals surface area (Å²) in [6.07, 6.45) is 6.29. The van der Waals surface area contributed by atoms with Crippen molar-refractivity contribution in [2.45, 2.75) is 26.4 Å². The van der Waals surface area contributed by atoms with Crippen LogP contribution in [0.2, 0.25) is 0 Å². The molecule has 5 rings (SSSR count). The number of aromatic nitrogens is 4. The number of H-pyrrole nitrogens is 2. The number of nitrogens with zero attached hydrogens (tertiary/aromatic N) is 3. The lowest BCUT2D eigenvalue weighted by atomic mass is 10.0. The maximum Gasteiger partial charge on any atom is 0.255 e. The van der Waals surface area contributed by atoms with Crippen molar-refractivity contribution < 1.29 is 0 Å². The number of hydrogen-bond acceptors (Lipinski definition) is 4. The van der Waals surface area contributed by atoms with E-state index in [1.807, 2.05) is 12.1 Å². The van der Waals surface area contributed by atoms with Crippen LogP contribution >= 0.6 is 0 Å². The summed E-state index contributed by atoms with van der Waals surface area (Å²) in [5.41, 5.74) is 6.15. The van der Waals surface area contributed by atoms with E-state index in [1.54, 1.807) is 12.4 Å². The van der Waals surface area contributed by atoms with Gasteiger partial charge in [-0.15, -0.1) is 0 Å². The predicted molar refractivity (Wildman–Crippen MR) is 109 cm³/mol. The molecule has 4 aromatic rings. The average Bonchev–Trinajstić information content (AvgIpc) is 3.13. The predicted octanol–water partition coefficient (Wildman–Crippen LogP) is 3.18. The van der Waals surface area contributed by atoms with Crippen molar-refractivity contribution in [3.8, 4) is 11.4 Å². The van der Waals surface area contributed by atoms with E-state index in [-0.39, 0.29) is 5.56 Å². The molecule has 28 heavy (non-hydrogen) atoms. The molecule has 0 spiro atoms. The zero-order valence-corrected chi connectivity index (χ0v) is 15.7. The summed E-state index contributed by atoms with van der Waals surface area (Å²) in [5.74, 6) is 0.595. The van der Waals surface area contributed by atoms with Crippen LogP contribution in [0.1, 0.15) is 22.4 Å². The molecule has 0 saturated carbocycles. The van der Waals surface area contributed by atoms with Crippen molar-refractivity contribution in [3.05, 3.63) is 81.7 Å². The van der Waals surface area contributed by atoms with E-state index in [1.165, 1.54) is 22.0 Å². The standard InChI is InChI=1S/C22H21N5O/c1-14-4-2-6-17-16(11-24-20(14)17)12-27-9-7-19-18(13-27)22(28)26-21(25-19)15-5-3-8-23-10-15/h2-6,8,10-11,24H,7,9,12-13H2,1H3,(H,25,26,28). The first-order chi connectivity index (χ1) is 13.7. The third-order valence-corrected chi connectivity index (χ3v) is 5.49. The molecule has 0 saturated heterocycles. The summed E-state index contributed by atoms with van der Waals surface area (Å²) in [6.45, 7) is 4.43. The number of aromatic amines is 2. The Hall–Kier alpha value is -3.25. The summed E-state index contributed by atoms with van der Waals surface area (Å²) in [7, 11) is 0. The molecule has 0 atom stereocenters. The molecule has 6 nitrogen and oxygen atoms in total. The second-order valence-electron chi connectivity index (χ2n) is 7.35. The van der Waals surface area contributed by atoms with Crippen LogP contribution in [-0.4, -0.2) is 31.4 Å². The van der Waals surface area contributed by atoms with Gasteiger partial charge in [-0.1, -0.05) is 18.2 Å². The molecule has 2 N–H and O–H groups in total. The summed E-state index contributed by atoms with van der Waals surface area (Å²) < 4.78 is 0. The summed E-state index contributed by atoms with van der Waals surface area (Å²) in [5, 5.41) is 1.25. The molecular weight excluding hydrogens is 350 g/mol. The zero-order valence-electron chi connectivity index (χ0n) is 15.7. The maximum absolute atomic E-state index is 12.7. The van der Waals surface area contributed by atoms with Crippen LogP contribution in [0.5, 0.6) is 0 Å². The van der Waals surface area contributed by atoms with Crippen LogP contribution in [-0.2, 0) is 19.5 Å². The van der Waals surface area contributed by atoms with E-state index in [0.717, 1.165) is 36.3 Å². The summed E-state index contributed by atoms with van der Waals surface area (Å²) >= 11 is 0. The lowest BCUT2D eigenvalue weighted by Crippen LogP contribution is -2.35. The minimum Gasteiger partial charge on any atom is -0.361 e. The Balaban J connectivity index is 1.42. The fraction of sp³-hybridized carbons (Fsp3) is 0.227. The number of hydrogen-bond donors (Lipinski definition) is 2. The number of nitrogens with one attached hydrogen (secondary N) is 2. The van der Waals surface area contributed by atoms with E-state index >= 15 is 0 Å². The Morgan fingerprint density at radius 1 is 1.21 bits per heavy atom. The van der Waals surface area contributed by atoms with Crippen molar-refractivity contribution in [1.82, 2.24) is 24.8 Å². The zero-order chi connectivity index (χ0) is 19.1. The lowest BCUT2D eigenvalue weighted by Gasteiger charge is -2.27. The van der Waals surface area contributed by atoms with Gasteiger partial charge in [0.15, 0.2) is 0 Å². The van der Waals surface area contributed by atoms with E-state index in [9.17, 15) is 4.79 Å². The Kier molecular flexibility index (Phi) is 4.06. The van der Waals surface area contributed by atoms with Gasteiger partial charge in [-0.3, -0.25) is 14.7 Å². The van der Waals surface area contributed by atoms with Crippen molar-refractivity contribution in [1.29, 1.82) is 0 Å². The molecule has 6 heteroatoms. The molecule has 1 aliphatic heterocycles. The van der Waals surface area contributed by atoms with Crippen molar-refractivity contribution in [2.75, 3.05) is 6.54 Å². The van der Waals surface area contributed by atoms with Gasteiger partial charge in [0.05, 0.1) is 11.3 Å². The van der Waals surface area contributed by atoms with Gasteiger partial charge in [0.2, 0.25) is 0 Å². The lowest BCUT2D eigenvalue weighted by molar-refractivity contribution is 0.242. The number of rotatable bonds is 3. The van der Waals surface area contributed by atoms with E-state index < -0.39 is 0 Å². The Morgan fingerprint density at radius 2 is 2.14 bits per heavy atom. The van der Waals surface area contributed by atoms with Crippen LogP contribution in [0, 0.1) is 6.92 Å². The number of benzene rings is 1. The molecule has 0 unspecified atom stereocenters. The first-order valence-electron chi connectivity index (χ1n) is 9.49. The number of fused-ring (bicyclic) bond motifs is 2. The summed E-state index contributed by atoms with van der Waals surface area (Å²) in [6, 6.07) is 10.1. The molecule has 0 bridgehead atoms. The largest absolute Gasteiger partial charge is 0.361 e. The van der Waals surface area contributed by atoms with E-state index in [0.29, 0.717) is 12.4 Å². The maximum atomic E-state index is 12.7. The van der Waals surface area contributed by atoms with Crippen LogP contribution in [0.4, 0.5) is 0 Å². The molecule has 1 aliphatic rings. The van der Waals surface area contributed by atoms with E-state index in [4.69, 9.17) is 4.98 Å². The highest BCUT2D eigenvalue weighted by atomic mass is 16.1. The van der Waals surface area contributed by atoms with Crippen LogP contribution < -0.4 is 5.56 Å². The Morgan fingerprint density at radius 3 is 3.00 bits per heavy atom. The highest BCUT2D eigenvalue weighted by Crippen LogP contribution is 2.25. The SMILES string of the molecule is Cc1cccc2c(CN3CCc4nc(-c5cccnc5)[nH]c(=O)c4C3)c[nH]c12. The molecule has 0 radical (unpaired) electrons. The molecule has 140 valence electrons. The number of aryl methyl sites for hydroxylation is 1.